The largest absolute Gasteiger partial charge is 0.404 e. The average Bonchev–Trinajstić information content (AvgIpc) is 2.38. The predicted octanol–water partition coefficient (Wildman–Crippen LogP) is 3.44. The summed E-state index contributed by atoms with van der Waals surface area (Å²) in [6.07, 6.45) is 3.24. The Morgan fingerprint density at radius 3 is 2.36 bits per heavy atom. The van der Waals surface area contributed by atoms with Gasteiger partial charge in [0.05, 0.1) is 0 Å². The molecule has 0 saturated heterocycles. The van der Waals surface area contributed by atoms with Gasteiger partial charge in [-0.1, -0.05) is 39.5 Å². The molecule has 22 heavy (non-hydrogen) atoms. The van der Waals surface area contributed by atoms with E-state index >= 15 is 0 Å². The maximum absolute atomic E-state index is 5.65. The molecule has 0 bridgehead atoms. The van der Waals surface area contributed by atoms with Crippen molar-refractivity contribution in [2.45, 2.75) is 27.3 Å². The summed E-state index contributed by atoms with van der Waals surface area (Å²) in [5, 5.41) is 0. The highest BCUT2D eigenvalue weighted by atomic mass is 127. The molecule has 0 aliphatic heterocycles. The quantitative estimate of drug-likeness (QED) is 0.442. The van der Waals surface area contributed by atoms with Crippen molar-refractivity contribution in [1.29, 1.82) is 0 Å². The third-order valence-corrected chi connectivity index (χ3v) is 3.50. The third-order valence-electron chi connectivity index (χ3n) is 2.78. The van der Waals surface area contributed by atoms with Crippen LogP contribution in [0.5, 0.6) is 0 Å². The summed E-state index contributed by atoms with van der Waals surface area (Å²) in [4.78, 5) is 6.49. The first kappa shape index (κ1) is 18.5. The molecule has 0 aliphatic rings. The average molecular weight is 412 g/mol. The van der Waals surface area contributed by atoms with Crippen LogP contribution in [0.2, 0.25) is 0 Å². The van der Waals surface area contributed by atoms with E-state index in [4.69, 9.17) is 11.5 Å². The van der Waals surface area contributed by atoms with Gasteiger partial charge in [-0.25, -0.2) is 4.99 Å². The highest BCUT2D eigenvalue weighted by molar-refractivity contribution is 14.1. The monoisotopic (exact) mass is 412 g/mol. The van der Waals surface area contributed by atoms with E-state index in [1.54, 1.807) is 6.08 Å². The molecule has 0 unspecified atom stereocenters. The number of aliphatic imine (C=N–C) groups is 1. The van der Waals surface area contributed by atoms with Crippen LogP contribution < -0.4 is 11.5 Å². The molecule has 0 atom stereocenters. The summed E-state index contributed by atoms with van der Waals surface area (Å²) in [6, 6.07) is 8.45. The Hall–Kier alpha value is -1.50. The van der Waals surface area contributed by atoms with E-state index in [1.165, 1.54) is 15.3 Å². The fraction of sp³-hybridized carbons (Fsp3) is 0.353. The lowest BCUT2D eigenvalue weighted by atomic mass is 9.95. The second-order valence-electron chi connectivity index (χ2n) is 6.36. The van der Waals surface area contributed by atoms with Gasteiger partial charge in [-0.3, -0.25) is 0 Å². The van der Waals surface area contributed by atoms with Gasteiger partial charge < -0.3 is 16.4 Å². The van der Waals surface area contributed by atoms with Crippen LogP contribution in [0, 0.1) is 8.99 Å². The maximum Gasteiger partial charge on any atom is 0.132 e. The van der Waals surface area contributed by atoms with Crippen molar-refractivity contribution in [3.05, 3.63) is 58.1 Å². The van der Waals surface area contributed by atoms with E-state index in [0.29, 0.717) is 0 Å². The first-order valence-electron chi connectivity index (χ1n) is 7.12. The van der Waals surface area contributed by atoms with Gasteiger partial charge in [0.2, 0.25) is 0 Å². The van der Waals surface area contributed by atoms with Gasteiger partial charge in [0.1, 0.15) is 11.7 Å². The first-order chi connectivity index (χ1) is 10.2. The Balaban J connectivity index is 3.10. The number of hydrogen-bond acceptors (Lipinski definition) is 3. The topological polar surface area (TPSA) is 67.6 Å². The molecule has 0 aromatic heterocycles. The standard InChI is InChI=1S/C17H25IN4/c1-13(20)21-16(9-10-19)22(12-17(2,3)4)11-14-5-7-15(18)8-6-14/h5-10H,1,11-12,19-20H2,2-4H3/b10-9-,21-16?. The Morgan fingerprint density at radius 2 is 1.91 bits per heavy atom. The van der Waals surface area contributed by atoms with Gasteiger partial charge in [-0.2, -0.15) is 0 Å². The number of halogens is 1. The van der Waals surface area contributed by atoms with E-state index in [0.717, 1.165) is 18.9 Å². The highest BCUT2D eigenvalue weighted by Gasteiger charge is 2.19. The zero-order valence-corrected chi connectivity index (χ0v) is 15.7. The minimum absolute atomic E-state index is 0.113. The molecular formula is C17H25IN4. The van der Waals surface area contributed by atoms with E-state index < -0.39 is 0 Å². The highest BCUT2D eigenvalue weighted by Crippen LogP contribution is 2.19. The molecule has 0 spiro atoms. The fourth-order valence-corrected chi connectivity index (χ4v) is 2.41. The van der Waals surface area contributed by atoms with E-state index in [9.17, 15) is 0 Å². The summed E-state index contributed by atoms with van der Waals surface area (Å²) in [5.74, 6) is 0.998. The SMILES string of the molecule is C=C(N)N=C(/C=C\N)N(Cc1ccc(I)cc1)CC(C)(C)C. The van der Waals surface area contributed by atoms with Gasteiger partial charge in [0, 0.05) is 16.7 Å². The summed E-state index contributed by atoms with van der Waals surface area (Å²) < 4.78 is 1.22. The van der Waals surface area contributed by atoms with Gasteiger partial charge in [-0.15, -0.1) is 0 Å². The minimum atomic E-state index is 0.113. The number of nitrogens with zero attached hydrogens (tertiary/aromatic N) is 2. The second kappa shape index (κ2) is 8.22. The number of nitrogens with two attached hydrogens (primary N) is 2. The summed E-state index contributed by atoms with van der Waals surface area (Å²) in [6.45, 7) is 11.8. The molecule has 1 aromatic rings. The van der Waals surface area contributed by atoms with Crippen molar-refractivity contribution >= 4 is 28.4 Å². The van der Waals surface area contributed by atoms with Crippen molar-refractivity contribution in [3.63, 3.8) is 0 Å². The molecule has 1 rings (SSSR count). The normalized spacial score (nSPS) is 12.6. The number of hydrogen-bond donors (Lipinski definition) is 2. The summed E-state index contributed by atoms with van der Waals surface area (Å²) in [5.41, 5.74) is 12.5. The Bertz CT molecular complexity index is 553. The second-order valence-corrected chi connectivity index (χ2v) is 7.61. The van der Waals surface area contributed by atoms with Gasteiger partial charge in [0.25, 0.3) is 0 Å². The van der Waals surface area contributed by atoms with Crippen molar-refractivity contribution in [1.82, 2.24) is 4.90 Å². The molecule has 120 valence electrons. The summed E-state index contributed by atoms with van der Waals surface area (Å²) >= 11 is 2.30. The molecule has 0 amide bonds. The maximum atomic E-state index is 5.65. The van der Waals surface area contributed by atoms with Gasteiger partial charge in [-0.05, 0) is 58.0 Å². The van der Waals surface area contributed by atoms with Crippen molar-refractivity contribution in [2.24, 2.45) is 21.9 Å². The molecule has 4 nitrogen and oxygen atoms in total. The number of amidine groups is 1. The van der Waals surface area contributed by atoms with Crippen molar-refractivity contribution in [3.8, 4) is 0 Å². The summed E-state index contributed by atoms with van der Waals surface area (Å²) in [7, 11) is 0. The molecule has 0 heterocycles. The van der Waals surface area contributed by atoms with Crippen molar-refractivity contribution in [2.75, 3.05) is 6.54 Å². The van der Waals surface area contributed by atoms with E-state index in [1.807, 2.05) is 0 Å². The zero-order chi connectivity index (χ0) is 16.8. The number of rotatable bonds is 5. The van der Waals surface area contributed by atoms with Gasteiger partial charge >= 0.3 is 0 Å². The lowest BCUT2D eigenvalue weighted by Gasteiger charge is -2.31. The zero-order valence-electron chi connectivity index (χ0n) is 13.5. The van der Waals surface area contributed by atoms with E-state index in [2.05, 4.69) is 84.1 Å². The van der Waals surface area contributed by atoms with Crippen LogP contribution in [0.1, 0.15) is 26.3 Å². The van der Waals surface area contributed by atoms with Crippen LogP contribution in [0.15, 0.2) is 53.9 Å². The smallest absolute Gasteiger partial charge is 0.132 e. The minimum Gasteiger partial charge on any atom is -0.404 e. The van der Waals surface area contributed by atoms with Crippen LogP contribution >= 0.6 is 22.6 Å². The third kappa shape index (κ3) is 6.98. The van der Waals surface area contributed by atoms with Crippen molar-refractivity contribution < 1.29 is 0 Å². The molecule has 4 N–H and O–H groups in total. The lowest BCUT2D eigenvalue weighted by molar-refractivity contribution is 0.270. The van der Waals surface area contributed by atoms with Gasteiger partial charge in [0.15, 0.2) is 0 Å². The van der Waals surface area contributed by atoms with Crippen LogP contribution in [-0.2, 0) is 6.54 Å². The Kier molecular flexibility index (Phi) is 6.93. The predicted molar refractivity (Wildman–Crippen MR) is 103 cm³/mol. The Labute approximate surface area is 147 Å². The first-order valence-corrected chi connectivity index (χ1v) is 8.20. The molecule has 0 aliphatic carbocycles. The molecule has 0 radical (unpaired) electrons. The van der Waals surface area contributed by atoms with Crippen LogP contribution in [-0.4, -0.2) is 17.3 Å². The molecule has 0 saturated carbocycles. The molecular weight excluding hydrogens is 387 g/mol. The van der Waals surface area contributed by atoms with Crippen LogP contribution in [0.25, 0.3) is 0 Å². The van der Waals surface area contributed by atoms with Crippen LogP contribution in [0.4, 0.5) is 0 Å². The lowest BCUT2D eigenvalue weighted by Crippen LogP contribution is -2.37. The molecule has 1 aromatic carbocycles. The van der Waals surface area contributed by atoms with E-state index in [-0.39, 0.29) is 11.2 Å². The van der Waals surface area contributed by atoms with Crippen LogP contribution in [0.3, 0.4) is 0 Å². The Morgan fingerprint density at radius 1 is 1.32 bits per heavy atom. The number of benzene rings is 1. The molecule has 5 heteroatoms. The fourth-order valence-electron chi connectivity index (χ4n) is 2.05. The molecule has 0 fully saturated rings.